The van der Waals surface area contributed by atoms with E-state index < -0.39 is 0 Å². The highest BCUT2D eigenvalue weighted by atomic mass is 16.5. The van der Waals surface area contributed by atoms with Crippen molar-refractivity contribution in [2.45, 2.75) is 13.3 Å². The standard InChI is InChI=1S/C10H17N3O2/c1-8-7-9(15-12-8)10(14)13(3)6-4-5-11-2/h7,11H,4-6H2,1-3H3. The van der Waals surface area contributed by atoms with Crippen molar-refractivity contribution in [3.05, 3.63) is 17.5 Å². The molecule has 0 aliphatic heterocycles. The Balaban J connectivity index is 2.46. The monoisotopic (exact) mass is 211 g/mol. The Bertz CT molecular complexity index is 322. The third-order valence-corrected chi connectivity index (χ3v) is 2.11. The number of nitrogens with zero attached hydrogens (tertiary/aromatic N) is 2. The van der Waals surface area contributed by atoms with Gasteiger partial charge in [-0.15, -0.1) is 0 Å². The largest absolute Gasteiger partial charge is 0.351 e. The fourth-order valence-corrected chi connectivity index (χ4v) is 1.25. The number of aryl methyl sites for hydroxylation is 1. The topological polar surface area (TPSA) is 58.4 Å². The maximum atomic E-state index is 11.7. The zero-order valence-electron chi connectivity index (χ0n) is 9.41. The van der Waals surface area contributed by atoms with Gasteiger partial charge >= 0.3 is 0 Å². The molecule has 1 heterocycles. The van der Waals surface area contributed by atoms with Crippen LogP contribution in [0.2, 0.25) is 0 Å². The molecule has 0 radical (unpaired) electrons. The van der Waals surface area contributed by atoms with Crippen molar-refractivity contribution in [1.82, 2.24) is 15.4 Å². The molecule has 0 bridgehead atoms. The molecular formula is C10H17N3O2. The van der Waals surface area contributed by atoms with E-state index in [4.69, 9.17) is 4.52 Å². The van der Waals surface area contributed by atoms with Gasteiger partial charge in [-0.2, -0.15) is 0 Å². The molecule has 1 aromatic rings. The molecule has 5 nitrogen and oxygen atoms in total. The number of hydrogen-bond acceptors (Lipinski definition) is 4. The van der Waals surface area contributed by atoms with E-state index in [2.05, 4.69) is 10.5 Å². The van der Waals surface area contributed by atoms with Crippen molar-refractivity contribution < 1.29 is 9.32 Å². The van der Waals surface area contributed by atoms with E-state index in [-0.39, 0.29) is 5.91 Å². The fourth-order valence-electron chi connectivity index (χ4n) is 1.25. The van der Waals surface area contributed by atoms with Crippen LogP contribution in [0.1, 0.15) is 22.7 Å². The average molecular weight is 211 g/mol. The van der Waals surface area contributed by atoms with Gasteiger partial charge in [0.1, 0.15) is 0 Å². The molecule has 0 atom stereocenters. The second-order valence-corrected chi connectivity index (χ2v) is 3.52. The van der Waals surface area contributed by atoms with Crippen LogP contribution in [0.25, 0.3) is 0 Å². The minimum Gasteiger partial charge on any atom is -0.351 e. The zero-order valence-corrected chi connectivity index (χ0v) is 9.41. The third-order valence-electron chi connectivity index (χ3n) is 2.11. The molecule has 0 saturated carbocycles. The molecule has 1 amide bonds. The van der Waals surface area contributed by atoms with Crippen LogP contribution in [0, 0.1) is 6.92 Å². The predicted octanol–water partition coefficient (Wildman–Crippen LogP) is 0.665. The fraction of sp³-hybridized carbons (Fsp3) is 0.600. The molecule has 5 heteroatoms. The van der Waals surface area contributed by atoms with Crippen molar-refractivity contribution >= 4 is 5.91 Å². The molecule has 84 valence electrons. The second kappa shape index (κ2) is 5.50. The Hall–Kier alpha value is -1.36. The van der Waals surface area contributed by atoms with Crippen LogP contribution in [-0.2, 0) is 0 Å². The number of carbonyl (C=O) groups excluding carboxylic acids is 1. The van der Waals surface area contributed by atoms with Gasteiger partial charge in [-0.3, -0.25) is 4.79 Å². The first kappa shape index (κ1) is 11.7. The number of amides is 1. The summed E-state index contributed by atoms with van der Waals surface area (Å²) in [6.45, 7) is 3.40. The van der Waals surface area contributed by atoms with E-state index in [1.165, 1.54) is 0 Å². The van der Waals surface area contributed by atoms with Gasteiger partial charge in [0.15, 0.2) is 0 Å². The van der Waals surface area contributed by atoms with E-state index in [0.717, 1.165) is 18.7 Å². The summed E-state index contributed by atoms with van der Waals surface area (Å²) in [6.07, 6.45) is 0.922. The highest BCUT2D eigenvalue weighted by Crippen LogP contribution is 2.05. The Morgan fingerprint density at radius 2 is 2.40 bits per heavy atom. The van der Waals surface area contributed by atoms with E-state index in [1.54, 1.807) is 24.9 Å². The summed E-state index contributed by atoms with van der Waals surface area (Å²) in [4.78, 5) is 13.4. The van der Waals surface area contributed by atoms with Gasteiger partial charge in [0.25, 0.3) is 5.91 Å². The van der Waals surface area contributed by atoms with Gasteiger partial charge in [-0.1, -0.05) is 5.16 Å². The summed E-state index contributed by atoms with van der Waals surface area (Å²) in [5.41, 5.74) is 0.724. The zero-order chi connectivity index (χ0) is 11.3. The first-order valence-electron chi connectivity index (χ1n) is 4.98. The molecule has 0 aromatic carbocycles. The average Bonchev–Trinajstić information content (AvgIpc) is 2.64. The molecule has 1 rings (SSSR count). The van der Waals surface area contributed by atoms with Crippen LogP contribution >= 0.6 is 0 Å². The van der Waals surface area contributed by atoms with Crippen molar-refractivity contribution in [2.75, 3.05) is 27.2 Å². The van der Waals surface area contributed by atoms with Gasteiger partial charge in [0.2, 0.25) is 5.76 Å². The Morgan fingerprint density at radius 3 is 2.93 bits per heavy atom. The van der Waals surface area contributed by atoms with Crippen molar-refractivity contribution in [1.29, 1.82) is 0 Å². The van der Waals surface area contributed by atoms with Crippen molar-refractivity contribution in [3.63, 3.8) is 0 Å². The molecule has 1 N–H and O–H groups in total. The molecule has 0 spiro atoms. The first-order chi connectivity index (χ1) is 7.15. The molecular weight excluding hydrogens is 194 g/mol. The summed E-state index contributed by atoms with van der Waals surface area (Å²) in [5.74, 6) is 0.186. The Kier molecular flexibility index (Phi) is 4.30. The molecule has 1 aromatic heterocycles. The van der Waals surface area contributed by atoms with Crippen LogP contribution in [0.5, 0.6) is 0 Å². The maximum Gasteiger partial charge on any atom is 0.292 e. The van der Waals surface area contributed by atoms with E-state index >= 15 is 0 Å². The van der Waals surface area contributed by atoms with Crippen LogP contribution in [0.4, 0.5) is 0 Å². The summed E-state index contributed by atoms with van der Waals surface area (Å²) < 4.78 is 4.90. The highest BCUT2D eigenvalue weighted by molar-refractivity contribution is 5.91. The maximum absolute atomic E-state index is 11.7. The summed E-state index contributed by atoms with van der Waals surface area (Å²) in [6, 6.07) is 1.65. The highest BCUT2D eigenvalue weighted by Gasteiger charge is 2.15. The van der Waals surface area contributed by atoms with Gasteiger partial charge < -0.3 is 14.7 Å². The lowest BCUT2D eigenvalue weighted by atomic mass is 10.3. The normalized spacial score (nSPS) is 10.3. The summed E-state index contributed by atoms with van der Waals surface area (Å²) >= 11 is 0. The Morgan fingerprint density at radius 1 is 1.67 bits per heavy atom. The quantitative estimate of drug-likeness (QED) is 0.727. The van der Waals surface area contributed by atoms with Gasteiger partial charge in [0, 0.05) is 19.7 Å². The number of nitrogens with one attached hydrogen (secondary N) is 1. The van der Waals surface area contributed by atoms with E-state index in [9.17, 15) is 4.79 Å². The van der Waals surface area contributed by atoms with Crippen molar-refractivity contribution in [3.8, 4) is 0 Å². The van der Waals surface area contributed by atoms with Crippen molar-refractivity contribution in [2.24, 2.45) is 0 Å². The third kappa shape index (κ3) is 3.36. The first-order valence-corrected chi connectivity index (χ1v) is 4.98. The lowest BCUT2D eigenvalue weighted by Gasteiger charge is -2.14. The minimum atomic E-state index is -0.119. The van der Waals surface area contributed by atoms with Gasteiger partial charge in [0.05, 0.1) is 5.69 Å². The van der Waals surface area contributed by atoms with E-state index in [1.807, 2.05) is 7.05 Å². The number of hydrogen-bond donors (Lipinski definition) is 1. The summed E-state index contributed by atoms with van der Waals surface area (Å²) in [7, 11) is 3.65. The summed E-state index contributed by atoms with van der Waals surface area (Å²) in [5, 5.41) is 6.71. The number of rotatable bonds is 5. The van der Waals surface area contributed by atoms with Gasteiger partial charge in [-0.05, 0) is 26.9 Å². The molecule has 0 unspecified atom stereocenters. The molecule has 0 saturated heterocycles. The molecule has 15 heavy (non-hydrogen) atoms. The smallest absolute Gasteiger partial charge is 0.292 e. The van der Waals surface area contributed by atoms with E-state index in [0.29, 0.717) is 12.3 Å². The predicted molar refractivity (Wildman–Crippen MR) is 56.7 cm³/mol. The lowest BCUT2D eigenvalue weighted by molar-refractivity contribution is 0.0752. The SMILES string of the molecule is CNCCCN(C)C(=O)c1cc(C)no1. The van der Waals surface area contributed by atoms with Crippen LogP contribution in [-0.4, -0.2) is 43.1 Å². The second-order valence-electron chi connectivity index (χ2n) is 3.52. The Labute approximate surface area is 89.4 Å². The lowest BCUT2D eigenvalue weighted by Crippen LogP contribution is -2.29. The number of aromatic nitrogens is 1. The number of carbonyl (C=O) groups is 1. The molecule has 0 aliphatic rings. The molecule has 0 aliphatic carbocycles. The molecule has 0 fully saturated rings. The van der Waals surface area contributed by atoms with Crippen LogP contribution in [0.3, 0.4) is 0 Å². The van der Waals surface area contributed by atoms with Crippen LogP contribution < -0.4 is 5.32 Å². The minimum absolute atomic E-state index is 0.119. The van der Waals surface area contributed by atoms with Crippen LogP contribution in [0.15, 0.2) is 10.6 Å². The van der Waals surface area contributed by atoms with Gasteiger partial charge in [-0.25, -0.2) is 0 Å².